The SMILES string of the molecule is CCCCCc1ccc2c(c1)N(Cc1ccc(Br)cc1F)C(=O)C(CC(=O)O)S2. The summed E-state index contributed by atoms with van der Waals surface area (Å²) < 4.78 is 15.1. The highest BCUT2D eigenvalue weighted by Crippen LogP contribution is 2.42. The van der Waals surface area contributed by atoms with Crippen molar-refractivity contribution in [3.8, 4) is 0 Å². The van der Waals surface area contributed by atoms with E-state index in [1.807, 2.05) is 18.2 Å². The van der Waals surface area contributed by atoms with E-state index in [1.165, 1.54) is 22.7 Å². The molecule has 1 heterocycles. The van der Waals surface area contributed by atoms with E-state index >= 15 is 0 Å². The van der Waals surface area contributed by atoms with E-state index in [4.69, 9.17) is 0 Å². The third kappa shape index (κ3) is 5.39. The molecule has 3 rings (SSSR count). The zero-order chi connectivity index (χ0) is 21.0. The number of nitrogens with zero attached hydrogens (tertiary/aromatic N) is 1. The first-order valence-electron chi connectivity index (χ1n) is 9.65. The fourth-order valence-corrected chi connectivity index (χ4v) is 4.91. The number of aryl methyl sites for hydroxylation is 1. The Balaban J connectivity index is 1.95. The number of halogens is 2. The van der Waals surface area contributed by atoms with Crippen molar-refractivity contribution in [2.24, 2.45) is 0 Å². The summed E-state index contributed by atoms with van der Waals surface area (Å²) in [4.78, 5) is 26.7. The number of amides is 1. The highest BCUT2D eigenvalue weighted by Gasteiger charge is 2.35. The monoisotopic (exact) mass is 479 g/mol. The second kappa shape index (κ2) is 9.76. The quantitative estimate of drug-likeness (QED) is 0.485. The van der Waals surface area contributed by atoms with Crippen LogP contribution in [0.4, 0.5) is 10.1 Å². The number of hydrogen-bond acceptors (Lipinski definition) is 3. The molecule has 1 amide bonds. The summed E-state index contributed by atoms with van der Waals surface area (Å²) in [5.41, 5.74) is 2.26. The van der Waals surface area contributed by atoms with Gasteiger partial charge >= 0.3 is 5.97 Å². The average molecular weight is 480 g/mol. The van der Waals surface area contributed by atoms with Crippen molar-refractivity contribution >= 4 is 45.3 Å². The molecule has 0 bridgehead atoms. The molecule has 1 N–H and O–H groups in total. The Morgan fingerprint density at radius 2 is 2.03 bits per heavy atom. The number of thioether (sulfide) groups is 1. The van der Waals surface area contributed by atoms with Crippen LogP contribution in [0.5, 0.6) is 0 Å². The highest BCUT2D eigenvalue weighted by atomic mass is 79.9. The molecule has 0 aliphatic carbocycles. The lowest BCUT2D eigenvalue weighted by molar-refractivity contribution is -0.138. The Bertz CT molecular complexity index is 921. The van der Waals surface area contributed by atoms with Crippen LogP contribution in [0.3, 0.4) is 0 Å². The average Bonchev–Trinajstić information content (AvgIpc) is 2.67. The van der Waals surface area contributed by atoms with Gasteiger partial charge < -0.3 is 10.0 Å². The number of hydrogen-bond donors (Lipinski definition) is 1. The second-order valence-electron chi connectivity index (χ2n) is 7.12. The standard InChI is InChI=1S/C22H23BrFNO3S/c1-2-3-4-5-14-6-9-19-18(10-14)25(22(28)20(29-19)12-21(26)27)13-15-7-8-16(23)11-17(15)24/h6-11,20H,2-5,12-13H2,1H3,(H,26,27). The fourth-order valence-electron chi connectivity index (χ4n) is 3.38. The fraction of sp³-hybridized carbons (Fsp3) is 0.364. The van der Waals surface area contributed by atoms with Gasteiger partial charge in [-0.05, 0) is 42.7 Å². The number of carbonyl (C=O) groups excluding carboxylic acids is 1. The van der Waals surface area contributed by atoms with Crippen molar-refractivity contribution in [2.75, 3.05) is 4.90 Å². The van der Waals surface area contributed by atoms with Gasteiger partial charge in [0.2, 0.25) is 5.91 Å². The molecule has 0 saturated carbocycles. The van der Waals surface area contributed by atoms with E-state index in [1.54, 1.807) is 12.1 Å². The normalized spacial score (nSPS) is 16.0. The van der Waals surface area contributed by atoms with E-state index in [0.717, 1.165) is 41.8 Å². The molecule has 7 heteroatoms. The van der Waals surface area contributed by atoms with E-state index < -0.39 is 17.0 Å². The summed E-state index contributed by atoms with van der Waals surface area (Å²) in [7, 11) is 0. The summed E-state index contributed by atoms with van der Waals surface area (Å²) in [6, 6.07) is 10.7. The zero-order valence-corrected chi connectivity index (χ0v) is 18.6. The number of carboxylic acid groups (broad SMARTS) is 1. The van der Waals surface area contributed by atoms with Crippen molar-refractivity contribution in [2.45, 2.75) is 55.7 Å². The smallest absolute Gasteiger partial charge is 0.305 e. The second-order valence-corrected chi connectivity index (χ2v) is 9.28. The first-order chi connectivity index (χ1) is 13.9. The van der Waals surface area contributed by atoms with Crippen LogP contribution >= 0.6 is 27.7 Å². The van der Waals surface area contributed by atoms with Crippen LogP contribution < -0.4 is 4.90 Å². The van der Waals surface area contributed by atoms with Gasteiger partial charge in [-0.15, -0.1) is 11.8 Å². The van der Waals surface area contributed by atoms with E-state index in [2.05, 4.69) is 22.9 Å². The molecule has 1 unspecified atom stereocenters. The van der Waals surface area contributed by atoms with Crippen LogP contribution in [-0.4, -0.2) is 22.2 Å². The maximum atomic E-state index is 14.4. The van der Waals surface area contributed by atoms with Crippen LogP contribution in [0.25, 0.3) is 0 Å². The van der Waals surface area contributed by atoms with Gasteiger partial charge in [-0.1, -0.05) is 47.8 Å². The third-order valence-electron chi connectivity index (χ3n) is 4.90. The predicted octanol–water partition coefficient (Wildman–Crippen LogP) is 5.80. The van der Waals surface area contributed by atoms with Crippen LogP contribution in [0.2, 0.25) is 0 Å². The van der Waals surface area contributed by atoms with Gasteiger partial charge in [0.15, 0.2) is 0 Å². The molecule has 154 valence electrons. The molecule has 0 radical (unpaired) electrons. The van der Waals surface area contributed by atoms with Gasteiger partial charge in [0, 0.05) is 14.9 Å². The Hall–Kier alpha value is -1.86. The molecule has 0 aromatic heterocycles. The lowest BCUT2D eigenvalue weighted by Crippen LogP contribution is -2.41. The zero-order valence-electron chi connectivity index (χ0n) is 16.2. The van der Waals surface area contributed by atoms with Gasteiger partial charge in [-0.2, -0.15) is 0 Å². The molecule has 1 aliphatic rings. The Kier molecular flexibility index (Phi) is 7.35. The summed E-state index contributed by atoms with van der Waals surface area (Å²) in [6.45, 7) is 2.22. The summed E-state index contributed by atoms with van der Waals surface area (Å²) in [5, 5.41) is 8.48. The lowest BCUT2D eigenvalue weighted by Gasteiger charge is -2.34. The van der Waals surface area contributed by atoms with Gasteiger partial charge in [-0.3, -0.25) is 9.59 Å². The molecule has 1 atom stereocenters. The number of rotatable bonds is 8. The minimum atomic E-state index is -1.02. The molecular weight excluding hydrogens is 457 g/mol. The number of anilines is 1. The van der Waals surface area contributed by atoms with Crippen molar-refractivity contribution in [3.63, 3.8) is 0 Å². The Morgan fingerprint density at radius 1 is 1.24 bits per heavy atom. The number of carboxylic acids is 1. The van der Waals surface area contributed by atoms with E-state index in [0.29, 0.717) is 10.0 Å². The number of aliphatic carboxylic acids is 1. The number of benzene rings is 2. The Labute approximate surface area is 182 Å². The van der Waals surface area contributed by atoms with Crippen molar-refractivity contribution in [1.82, 2.24) is 0 Å². The lowest BCUT2D eigenvalue weighted by atomic mass is 10.1. The van der Waals surface area contributed by atoms with Crippen molar-refractivity contribution < 1.29 is 19.1 Å². The Morgan fingerprint density at radius 3 is 2.72 bits per heavy atom. The topological polar surface area (TPSA) is 57.6 Å². The maximum absolute atomic E-state index is 14.4. The number of carbonyl (C=O) groups is 2. The van der Waals surface area contributed by atoms with Gasteiger partial charge in [0.05, 0.1) is 23.9 Å². The van der Waals surface area contributed by atoms with Crippen molar-refractivity contribution in [1.29, 1.82) is 0 Å². The molecule has 1 aliphatic heterocycles. The largest absolute Gasteiger partial charge is 0.481 e. The predicted molar refractivity (Wildman–Crippen MR) is 117 cm³/mol. The molecular formula is C22H23BrFNO3S. The van der Waals surface area contributed by atoms with Crippen LogP contribution in [-0.2, 0) is 22.6 Å². The summed E-state index contributed by atoms with van der Waals surface area (Å²) >= 11 is 4.52. The van der Waals surface area contributed by atoms with E-state index in [9.17, 15) is 19.1 Å². The van der Waals surface area contributed by atoms with Gasteiger partial charge in [0.25, 0.3) is 0 Å². The van der Waals surface area contributed by atoms with Crippen molar-refractivity contribution in [3.05, 3.63) is 57.8 Å². The number of fused-ring (bicyclic) bond motifs is 1. The first kappa shape index (κ1) is 21.8. The minimum absolute atomic E-state index is 0.0695. The number of unbranched alkanes of at least 4 members (excludes halogenated alkanes) is 2. The summed E-state index contributed by atoms with van der Waals surface area (Å²) in [5.74, 6) is -1.72. The highest BCUT2D eigenvalue weighted by molar-refractivity contribution is 9.10. The molecule has 2 aromatic rings. The molecule has 0 saturated heterocycles. The van der Waals surface area contributed by atoms with Gasteiger partial charge in [-0.25, -0.2) is 4.39 Å². The van der Waals surface area contributed by atoms with Crippen LogP contribution in [0.1, 0.15) is 43.7 Å². The molecule has 0 fully saturated rings. The molecule has 4 nitrogen and oxygen atoms in total. The van der Waals surface area contributed by atoms with Crippen LogP contribution in [0.15, 0.2) is 45.8 Å². The minimum Gasteiger partial charge on any atom is -0.481 e. The van der Waals surface area contributed by atoms with Gasteiger partial charge in [0.1, 0.15) is 5.82 Å². The molecule has 0 spiro atoms. The molecule has 29 heavy (non-hydrogen) atoms. The maximum Gasteiger partial charge on any atom is 0.305 e. The first-order valence-corrected chi connectivity index (χ1v) is 11.3. The van der Waals surface area contributed by atoms with E-state index in [-0.39, 0.29) is 18.9 Å². The van der Waals surface area contributed by atoms with Crippen LogP contribution in [0, 0.1) is 5.82 Å². The molecule has 2 aromatic carbocycles. The third-order valence-corrected chi connectivity index (χ3v) is 6.64. The summed E-state index contributed by atoms with van der Waals surface area (Å²) in [6.07, 6.45) is 3.99.